The molecule has 1 amide bonds. The molecule has 0 unspecified atom stereocenters. The highest BCUT2D eigenvalue weighted by molar-refractivity contribution is 7.09. The first kappa shape index (κ1) is 11.8. The lowest BCUT2D eigenvalue weighted by Gasteiger charge is -2.15. The first-order valence-corrected chi connectivity index (χ1v) is 6.25. The summed E-state index contributed by atoms with van der Waals surface area (Å²) < 4.78 is 0. The topological polar surface area (TPSA) is 33.2 Å². The van der Waals surface area contributed by atoms with Crippen LogP contribution in [0.4, 0.5) is 0 Å². The third kappa shape index (κ3) is 2.91. The zero-order valence-electron chi connectivity index (χ0n) is 9.88. The molecule has 2 rings (SSSR count). The van der Waals surface area contributed by atoms with Gasteiger partial charge in [-0.3, -0.25) is 4.79 Å². The molecule has 0 saturated carbocycles. The molecule has 0 saturated heterocycles. The zero-order valence-corrected chi connectivity index (χ0v) is 10.7. The molecule has 0 bridgehead atoms. The second kappa shape index (κ2) is 5.10. The minimum absolute atomic E-state index is 0.0280. The van der Waals surface area contributed by atoms with Crippen LogP contribution in [0.1, 0.15) is 20.9 Å². The van der Waals surface area contributed by atoms with Crippen LogP contribution in [0.2, 0.25) is 0 Å². The molecule has 88 valence electrons. The molecule has 0 aliphatic heterocycles. The molecule has 0 N–H and O–H groups in total. The highest BCUT2D eigenvalue weighted by Crippen LogP contribution is 2.11. The van der Waals surface area contributed by atoms with Crippen LogP contribution in [0, 0.1) is 6.92 Å². The summed E-state index contributed by atoms with van der Waals surface area (Å²) in [6.45, 7) is 2.57. The van der Waals surface area contributed by atoms with Gasteiger partial charge in [-0.2, -0.15) is 0 Å². The highest BCUT2D eigenvalue weighted by atomic mass is 32.1. The fourth-order valence-corrected chi connectivity index (χ4v) is 2.19. The Bertz CT molecular complexity index is 491. The van der Waals surface area contributed by atoms with E-state index in [0.717, 1.165) is 16.1 Å². The van der Waals surface area contributed by atoms with Crippen molar-refractivity contribution in [2.45, 2.75) is 13.5 Å². The van der Waals surface area contributed by atoms with E-state index in [1.54, 1.807) is 29.5 Å². The summed E-state index contributed by atoms with van der Waals surface area (Å²) in [7, 11) is 1.80. The maximum Gasteiger partial charge on any atom is 0.253 e. The molecule has 0 aliphatic rings. The lowest BCUT2D eigenvalue weighted by atomic mass is 10.1. The number of nitrogens with zero attached hydrogens (tertiary/aromatic N) is 2. The predicted octanol–water partition coefficient (Wildman–Crippen LogP) is 2.72. The first-order chi connectivity index (χ1) is 8.16. The number of benzene rings is 1. The number of carbonyl (C=O) groups is 1. The van der Waals surface area contributed by atoms with E-state index in [1.807, 2.05) is 36.6 Å². The summed E-state index contributed by atoms with van der Waals surface area (Å²) in [5.41, 5.74) is 1.87. The molecule has 0 aliphatic carbocycles. The molecule has 0 radical (unpaired) electrons. The minimum Gasteiger partial charge on any atom is -0.335 e. The van der Waals surface area contributed by atoms with Gasteiger partial charge in [0.15, 0.2) is 0 Å². The molecule has 0 spiro atoms. The molecule has 1 aromatic heterocycles. The predicted molar refractivity (Wildman–Crippen MR) is 69.1 cm³/mol. The number of aromatic nitrogens is 1. The van der Waals surface area contributed by atoms with Crippen LogP contribution in [0.25, 0.3) is 0 Å². The Morgan fingerprint density at radius 2 is 2.06 bits per heavy atom. The summed E-state index contributed by atoms with van der Waals surface area (Å²) >= 11 is 1.56. The van der Waals surface area contributed by atoms with Crippen LogP contribution in [0.15, 0.2) is 35.8 Å². The standard InChI is InChI=1S/C13H14N2OS/c1-10-3-5-11(6-4-10)13(16)15(2)9-12-14-7-8-17-12/h3-8H,9H2,1-2H3. The van der Waals surface area contributed by atoms with Crippen LogP contribution in [0.5, 0.6) is 0 Å². The quantitative estimate of drug-likeness (QED) is 0.834. The van der Waals surface area contributed by atoms with E-state index in [2.05, 4.69) is 4.98 Å². The van der Waals surface area contributed by atoms with Crippen LogP contribution in [-0.2, 0) is 6.54 Å². The lowest BCUT2D eigenvalue weighted by molar-refractivity contribution is 0.0785. The highest BCUT2D eigenvalue weighted by Gasteiger charge is 2.12. The Hall–Kier alpha value is -1.68. The monoisotopic (exact) mass is 246 g/mol. The van der Waals surface area contributed by atoms with Gasteiger partial charge >= 0.3 is 0 Å². The molecule has 0 atom stereocenters. The van der Waals surface area contributed by atoms with E-state index in [9.17, 15) is 4.79 Å². The number of aryl methyl sites for hydroxylation is 1. The second-order valence-corrected chi connectivity index (χ2v) is 4.93. The molecular formula is C13H14N2OS. The van der Waals surface area contributed by atoms with Crippen LogP contribution < -0.4 is 0 Å². The Kier molecular flexibility index (Phi) is 3.54. The average molecular weight is 246 g/mol. The SMILES string of the molecule is Cc1ccc(C(=O)N(C)Cc2nccs2)cc1. The Morgan fingerprint density at radius 3 is 2.65 bits per heavy atom. The maximum atomic E-state index is 12.1. The van der Waals surface area contributed by atoms with Gasteiger partial charge in [0.25, 0.3) is 5.91 Å². The summed E-state index contributed by atoms with van der Waals surface area (Å²) in [5.74, 6) is 0.0280. The summed E-state index contributed by atoms with van der Waals surface area (Å²) in [5, 5.41) is 2.87. The van der Waals surface area contributed by atoms with Crippen molar-refractivity contribution in [2.24, 2.45) is 0 Å². The van der Waals surface area contributed by atoms with Crippen LogP contribution in [0.3, 0.4) is 0 Å². The largest absolute Gasteiger partial charge is 0.335 e. The number of carbonyl (C=O) groups excluding carboxylic acids is 1. The van der Waals surface area contributed by atoms with Crippen molar-refractivity contribution in [3.05, 3.63) is 52.0 Å². The van der Waals surface area contributed by atoms with Crippen molar-refractivity contribution in [2.75, 3.05) is 7.05 Å². The molecular weight excluding hydrogens is 232 g/mol. The first-order valence-electron chi connectivity index (χ1n) is 5.37. The molecule has 0 fully saturated rings. The van der Waals surface area contributed by atoms with Gasteiger partial charge in [-0.05, 0) is 19.1 Å². The molecule has 2 aromatic rings. The number of hydrogen-bond acceptors (Lipinski definition) is 3. The second-order valence-electron chi connectivity index (χ2n) is 3.95. The summed E-state index contributed by atoms with van der Waals surface area (Å²) in [6, 6.07) is 7.61. The van der Waals surface area contributed by atoms with Crippen molar-refractivity contribution in [1.29, 1.82) is 0 Å². The molecule has 1 heterocycles. The Labute approximate surface area is 105 Å². The van der Waals surface area contributed by atoms with Gasteiger partial charge in [0.1, 0.15) is 5.01 Å². The molecule has 17 heavy (non-hydrogen) atoms. The van der Waals surface area contributed by atoms with Crippen molar-refractivity contribution in [1.82, 2.24) is 9.88 Å². The van der Waals surface area contributed by atoms with Gasteiger partial charge in [0, 0.05) is 24.2 Å². The Balaban J connectivity index is 2.07. The van der Waals surface area contributed by atoms with Crippen molar-refractivity contribution < 1.29 is 4.79 Å². The number of rotatable bonds is 3. The van der Waals surface area contributed by atoms with E-state index >= 15 is 0 Å². The van der Waals surface area contributed by atoms with Gasteiger partial charge in [0.05, 0.1) is 6.54 Å². The zero-order chi connectivity index (χ0) is 12.3. The van der Waals surface area contributed by atoms with Gasteiger partial charge in [0.2, 0.25) is 0 Å². The van der Waals surface area contributed by atoms with E-state index < -0.39 is 0 Å². The number of hydrogen-bond donors (Lipinski definition) is 0. The van der Waals surface area contributed by atoms with Gasteiger partial charge < -0.3 is 4.90 Å². The third-order valence-electron chi connectivity index (χ3n) is 2.50. The smallest absolute Gasteiger partial charge is 0.253 e. The average Bonchev–Trinajstić information content (AvgIpc) is 2.82. The number of amides is 1. The van der Waals surface area contributed by atoms with Crippen LogP contribution in [-0.4, -0.2) is 22.8 Å². The Morgan fingerprint density at radius 1 is 1.35 bits per heavy atom. The van der Waals surface area contributed by atoms with Crippen LogP contribution >= 0.6 is 11.3 Å². The number of thiazole rings is 1. The fraction of sp³-hybridized carbons (Fsp3) is 0.231. The van der Waals surface area contributed by atoms with E-state index in [0.29, 0.717) is 6.54 Å². The van der Waals surface area contributed by atoms with Gasteiger partial charge in [-0.1, -0.05) is 17.7 Å². The lowest BCUT2D eigenvalue weighted by Crippen LogP contribution is -2.26. The van der Waals surface area contributed by atoms with Gasteiger partial charge in [-0.25, -0.2) is 4.98 Å². The third-order valence-corrected chi connectivity index (χ3v) is 3.27. The van der Waals surface area contributed by atoms with Crippen molar-refractivity contribution >= 4 is 17.2 Å². The molecule has 4 heteroatoms. The van der Waals surface area contributed by atoms with E-state index in [4.69, 9.17) is 0 Å². The molecule has 1 aromatic carbocycles. The van der Waals surface area contributed by atoms with E-state index in [-0.39, 0.29) is 5.91 Å². The maximum absolute atomic E-state index is 12.1. The van der Waals surface area contributed by atoms with Crippen molar-refractivity contribution in [3.8, 4) is 0 Å². The molecule has 3 nitrogen and oxygen atoms in total. The van der Waals surface area contributed by atoms with Gasteiger partial charge in [-0.15, -0.1) is 11.3 Å². The summed E-state index contributed by atoms with van der Waals surface area (Å²) in [6.07, 6.45) is 1.75. The summed E-state index contributed by atoms with van der Waals surface area (Å²) in [4.78, 5) is 17.9. The normalized spacial score (nSPS) is 10.2. The van der Waals surface area contributed by atoms with Crippen molar-refractivity contribution in [3.63, 3.8) is 0 Å². The fourth-order valence-electron chi connectivity index (χ4n) is 1.52. The van der Waals surface area contributed by atoms with E-state index in [1.165, 1.54) is 0 Å². The minimum atomic E-state index is 0.0280.